The smallest absolute Gasteiger partial charge is 0.350 e. The van der Waals surface area contributed by atoms with Crippen LogP contribution in [-0.4, -0.2) is 30.3 Å². The second kappa shape index (κ2) is 8.68. The number of esters is 1. The zero-order valence-electron chi connectivity index (χ0n) is 16.5. The van der Waals surface area contributed by atoms with Gasteiger partial charge in [0.15, 0.2) is 17.3 Å². The fourth-order valence-corrected chi connectivity index (χ4v) is 4.43. The number of hydrogen-bond donors (Lipinski definition) is 0. The van der Waals surface area contributed by atoms with Gasteiger partial charge in [0.25, 0.3) is 0 Å². The largest absolute Gasteiger partial charge is 0.493 e. The van der Waals surface area contributed by atoms with E-state index < -0.39 is 5.97 Å². The van der Waals surface area contributed by atoms with Gasteiger partial charge in [0, 0.05) is 11.6 Å². The lowest BCUT2D eigenvalue weighted by Crippen LogP contribution is -2.05. The quantitative estimate of drug-likeness (QED) is 0.363. The molecule has 154 valence electrons. The van der Waals surface area contributed by atoms with E-state index in [1.165, 1.54) is 11.3 Å². The van der Waals surface area contributed by atoms with E-state index in [2.05, 4.69) is 10.1 Å². The topological polar surface area (TPSA) is 83.7 Å². The molecule has 4 aromatic rings. The van der Waals surface area contributed by atoms with Crippen molar-refractivity contribution in [1.82, 2.24) is 10.1 Å². The van der Waals surface area contributed by atoms with Gasteiger partial charge in [0.1, 0.15) is 22.2 Å². The summed E-state index contributed by atoms with van der Waals surface area (Å²) >= 11 is 2.82. The second-order valence-corrected chi connectivity index (χ2v) is 8.19. The maximum Gasteiger partial charge on any atom is 0.350 e. The number of rotatable bonds is 7. The Balaban J connectivity index is 1.47. The fourth-order valence-electron chi connectivity index (χ4n) is 2.80. The van der Waals surface area contributed by atoms with Crippen molar-refractivity contribution in [3.8, 4) is 32.7 Å². The van der Waals surface area contributed by atoms with Crippen LogP contribution in [0.4, 0.5) is 0 Å². The van der Waals surface area contributed by atoms with Crippen LogP contribution in [-0.2, 0) is 11.3 Å². The molecule has 0 unspecified atom stereocenters. The van der Waals surface area contributed by atoms with Gasteiger partial charge in [-0.15, -0.1) is 22.7 Å². The number of methoxy groups -OCH3 is 2. The molecule has 0 spiro atoms. The van der Waals surface area contributed by atoms with Gasteiger partial charge in [-0.25, -0.2) is 9.78 Å². The van der Waals surface area contributed by atoms with Crippen molar-refractivity contribution in [2.24, 2.45) is 0 Å². The molecule has 7 nitrogen and oxygen atoms in total. The molecule has 9 heteroatoms. The van der Waals surface area contributed by atoms with E-state index in [9.17, 15) is 4.79 Å². The molecular formula is C21H18N2O5S2. The molecule has 0 aliphatic carbocycles. The van der Waals surface area contributed by atoms with Gasteiger partial charge in [-0.3, -0.25) is 0 Å². The van der Waals surface area contributed by atoms with E-state index in [1.54, 1.807) is 44.6 Å². The molecule has 0 radical (unpaired) electrons. The molecule has 0 atom stereocenters. The predicted octanol–water partition coefficient (Wildman–Crippen LogP) is 5.21. The van der Waals surface area contributed by atoms with Crippen molar-refractivity contribution in [3.05, 3.63) is 58.0 Å². The van der Waals surface area contributed by atoms with Crippen LogP contribution in [0.3, 0.4) is 0 Å². The van der Waals surface area contributed by atoms with Crippen molar-refractivity contribution < 1.29 is 23.5 Å². The third-order valence-electron chi connectivity index (χ3n) is 4.29. The summed E-state index contributed by atoms with van der Waals surface area (Å²) in [6.07, 6.45) is 0. The minimum Gasteiger partial charge on any atom is -0.493 e. The van der Waals surface area contributed by atoms with Crippen molar-refractivity contribution in [2.75, 3.05) is 14.2 Å². The van der Waals surface area contributed by atoms with E-state index in [1.807, 2.05) is 29.6 Å². The minimum absolute atomic E-state index is 0.0245. The van der Waals surface area contributed by atoms with Crippen LogP contribution < -0.4 is 9.47 Å². The van der Waals surface area contributed by atoms with Crippen LogP contribution in [0, 0.1) is 6.92 Å². The molecule has 0 saturated carbocycles. The lowest BCUT2D eigenvalue weighted by molar-refractivity contribution is 0.0469. The Labute approximate surface area is 180 Å². The number of carbonyl (C=O) groups excluding carboxylic acids is 1. The summed E-state index contributed by atoms with van der Waals surface area (Å²) in [5.41, 5.74) is 1.99. The number of thiazole rings is 1. The number of nitrogens with zero attached hydrogens (tertiary/aromatic N) is 2. The van der Waals surface area contributed by atoms with Gasteiger partial charge in [-0.1, -0.05) is 11.2 Å². The number of aryl methyl sites for hydroxylation is 1. The lowest BCUT2D eigenvalue weighted by Gasteiger charge is -2.08. The van der Waals surface area contributed by atoms with Gasteiger partial charge in [0.2, 0.25) is 0 Å². The van der Waals surface area contributed by atoms with Crippen molar-refractivity contribution in [2.45, 2.75) is 13.5 Å². The highest BCUT2D eigenvalue weighted by Gasteiger charge is 2.19. The van der Waals surface area contributed by atoms with Gasteiger partial charge in [-0.2, -0.15) is 0 Å². The molecule has 0 aliphatic rings. The lowest BCUT2D eigenvalue weighted by atomic mass is 10.2. The first-order valence-electron chi connectivity index (χ1n) is 8.95. The number of carbonyl (C=O) groups is 1. The molecule has 30 heavy (non-hydrogen) atoms. The average molecular weight is 443 g/mol. The first-order chi connectivity index (χ1) is 14.6. The van der Waals surface area contributed by atoms with Crippen LogP contribution in [0.2, 0.25) is 0 Å². The van der Waals surface area contributed by atoms with Gasteiger partial charge in [-0.05, 0) is 36.6 Å². The van der Waals surface area contributed by atoms with E-state index in [-0.39, 0.29) is 6.61 Å². The Morgan fingerprint density at radius 3 is 2.70 bits per heavy atom. The summed E-state index contributed by atoms with van der Waals surface area (Å²) in [6.45, 7) is 1.80. The SMILES string of the molecule is COc1ccc(-c2nc(C)c(C(=O)OCc3cc(-c4cccs4)on3)s2)cc1OC. The van der Waals surface area contributed by atoms with Crippen molar-refractivity contribution in [3.63, 3.8) is 0 Å². The second-order valence-electron chi connectivity index (χ2n) is 6.24. The molecule has 0 saturated heterocycles. The molecule has 0 N–H and O–H groups in total. The first-order valence-corrected chi connectivity index (χ1v) is 10.6. The molecule has 4 rings (SSSR count). The van der Waals surface area contributed by atoms with Crippen LogP contribution >= 0.6 is 22.7 Å². The Bertz CT molecular complexity index is 1160. The number of ether oxygens (including phenoxy) is 3. The van der Waals surface area contributed by atoms with Crippen molar-refractivity contribution >= 4 is 28.6 Å². The Kier molecular flexibility index (Phi) is 5.82. The predicted molar refractivity (Wildman–Crippen MR) is 114 cm³/mol. The molecule has 0 aliphatic heterocycles. The first kappa shape index (κ1) is 20.1. The van der Waals surface area contributed by atoms with Crippen LogP contribution in [0.5, 0.6) is 11.5 Å². The molecule has 3 heterocycles. The van der Waals surface area contributed by atoms with E-state index in [4.69, 9.17) is 18.7 Å². The zero-order chi connectivity index (χ0) is 21.1. The highest BCUT2D eigenvalue weighted by Crippen LogP contribution is 2.35. The maximum atomic E-state index is 12.6. The highest BCUT2D eigenvalue weighted by molar-refractivity contribution is 7.17. The maximum absolute atomic E-state index is 12.6. The van der Waals surface area contributed by atoms with E-state index in [0.717, 1.165) is 10.4 Å². The molecular weight excluding hydrogens is 424 g/mol. The summed E-state index contributed by atoms with van der Waals surface area (Å²) in [5, 5.41) is 6.62. The average Bonchev–Trinajstić information content (AvgIpc) is 3.51. The van der Waals surface area contributed by atoms with E-state index >= 15 is 0 Å². The summed E-state index contributed by atoms with van der Waals surface area (Å²) in [4.78, 5) is 18.5. The summed E-state index contributed by atoms with van der Waals surface area (Å²) in [6, 6.07) is 11.2. The summed E-state index contributed by atoms with van der Waals surface area (Å²) < 4.78 is 21.3. The third kappa shape index (κ3) is 4.07. The van der Waals surface area contributed by atoms with Crippen LogP contribution in [0.15, 0.2) is 46.3 Å². The normalized spacial score (nSPS) is 10.8. The van der Waals surface area contributed by atoms with Crippen LogP contribution in [0.25, 0.3) is 21.2 Å². The molecule has 0 amide bonds. The standard InChI is InChI=1S/C21H18N2O5S2/c1-12-19(30-20(22-12)13-6-7-15(25-2)16(9-13)26-3)21(24)27-11-14-10-17(28-23-14)18-5-4-8-29-18/h4-10H,11H2,1-3H3. The van der Waals surface area contributed by atoms with Crippen LogP contribution in [0.1, 0.15) is 21.1 Å². The Morgan fingerprint density at radius 1 is 1.13 bits per heavy atom. The summed E-state index contributed by atoms with van der Waals surface area (Å²) in [7, 11) is 3.16. The van der Waals surface area contributed by atoms with E-state index in [0.29, 0.717) is 38.5 Å². The molecule has 0 fully saturated rings. The number of thiophene rings is 1. The number of benzene rings is 1. The molecule has 0 bridgehead atoms. The Hall–Kier alpha value is -3.17. The monoisotopic (exact) mass is 442 g/mol. The number of aromatic nitrogens is 2. The van der Waals surface area contributed by atoms with Gasteiger partial charge >= 0.3 is 5.97 Å². The minimum atomic E-state index is -0.447. The fraction of sp³-hybridized carbons (Fsp3) is 0.190. The molecule has 3 aromatic heterocycles. The Morgan fingerprint density at radius 2 is 1.97 bits per heavy atom. The highest BCUT2D eigenvalue weighted by atomic mass is 32.1. The number of hydrogen-bond acceptors (Lipinski definition) is 9. The zero-order valence-corrected chi connectivity index (χ0v) is 18.1. The van der Waals surface area contributed by atoms with Crippen molar-refractivity contribution in [1.29, 1.82) is 0 Å². The van der Waals surface area contributed by atoms with Gasteiger partial charge in [0.05, 0.1) is 24.8 Å². The van der Waals surface area contributed by atoms with Gasteiger partial charge < -0.3 is 18.7 Å². The third-order valence-corrected chi connectivity index (χ3v) is 6.36. The molecule has 1 aromatic carbocycles. The summed E-state index contributed by atoms with van der Waals surface area (Å²) in [5.74, 6) is 1.43.